The third-order valence-corrected chi connectivity index (χ3v) is 3.16. The van der Waals surface area contributed by atoms with Gasteiger partial charge in [0.15, 0.2) is 0 Å². The van der Waals surface area contributed by atoms with Crippen LogP contribution in [0.3, 0.4) is 0 Å². The van der Waals surface area contributed by atoms with E-state index >= 15 is 0 Å². The average Bonchev–Trinajstić information content (AvgIpc) is 2.39. The first-order valence-corrected chi connectivity index (χ1v) is 8.18. The zero-order valence-electron chi connectivity index (χ0n) is 16.2. The lowest BCUT2D eigenvalue weighted by Crippen LogP contribution is -2.34. The van der Waals surface area contributed by atoms with E-state index in [1.807, 2.05) is 67.5 Å². The zero-order valence-corrected chi connectivity index (χ0v) is 16.2. The Kier molecular flexibility index (Phi) is 7.76. The van der Waals surface area contributed by atoms with Crippen molar-refractivity contribution >= 4 is 0 Å². The molecular weight excluding hydrogens is 280 g/mol. The molecule has 2 unspecified atom stereocenters. The molecule has 4 heteroatoms. The van der Waals surface area contributed by atoms with Crippen LogP contribution in [0.4, 0.5) is 0 Å². The van der Waals surface area contributed by atoms with E-state index < -0.39 is 11.2 Å². The van der Waals surface area contributed by atoms with Crippen molar-refractivity contribution in [1.29, 1.82) is 0 Å². The second-order valence-electron chi connectivity index (χ2n) is 8.22. The topological polar surface area (TPSA) is 36.9 Å². The molecule has 0 amide bonds. The summed E-state index contributed by atoms with van der Waals surface area (Å²) in [7, 11) is 0. The van der Waals surface area contributed by atoms with E-state index in [2.05, 4.69) is 13.8 Å². The molecule has 0 N–H and O–H groups in total. The summed E-state index contributed by atoms with van der Waals surface area (Å²) in [6.45, 7) is 19.9. The van der Waals surface area contributed by atoms with Crippen LogP contribution in [0.1, 0.15) is 82.1 Å². The van der Waals surface area contributed by atoms with Gasteiger partial charge in [-0.25, -0.2) is 19.6 Å². The monoisotopic (exact) mass is 316 g/mol. The summed E-state index contributed by atoms with van der Waals surface area (Å²) >= 11 is 0. The lowest BCUT2D eigenvalue weighted by atomic mass is 9.96. The molecule has 132 valence electrons. The van der Waals surface area contributed by atoms with Gasteiger partial charge in [-0.15, -0.1) is 0 Å². The van der Waals surface area contributed by atoms with Gasteiger partial charge in [0.05, 0.1) is 11.2 Å². The summed E-state index contributed by atoms with van der Waals surface area (Å²) in [5, 5.41) is 0. The normalized spacial score (nSPS) is 19.2. The Morgan fingerprint density at radius 3 is 1.00 bits per heavy atom. The predicted octanol–water partition coefficient (Wildman–Crippen LogP) is 5.37. The molecule has 0 saturated carbocycles. The average molecular weight is 316 g/mol. The number of hydrogen-bond donors (Lipinski definition) is 0. The molecule has 0 heterocycles. The maximum atomic E-state index is 5.65. The Hall–Kier alpha value is -0.420. The first-order valence-electron chi connectivity index (χ1n) is 8.18. The molecule has 0 aliphatic rings. The quantitative estimate of drug-likeness (QED) is 0.342. The Labute approximate surface area is 137 Å². The highest BCUT2D eigenvalue weighted by atomic mass is 17.2. The van der Waals surface area contributed by atoms with Crippen LogP contribution in [-0.4, -0.2) is 22.4 Å². The van der Waals surface area contributed by atoms with Crippen LogP contribution in [0.2, 0.25) is 0 Å². The Bertz CT molecular complexity index is 317. The van der Waals surface area contributed by atoms with Crippen molar-refractivity contribution in [1.82, 2.24) is 0 Å². The van der Waals surface area contributed by atoms with Crippen molar-refractivity contribution in [2.45, 2.75) is 104 Å². The highest BCUT2D eigenvalue weighted by Gasteiger charge is 2.29. The van der Waals surface area contributed by atoms with Crippen molar-refractivity contribution in [3.63, 3.8) is 0 Å². The molecule has 0 aliphatic carbocycles. The van der Waals surface area contributed by atoms with Crippen LogP contribution in [0.15, 0.2) is 12.2 Å². The van der Waals surface area contributed by atoms with Crippen LogP contribution >= 0.6 is 0 Å². The fourth-order valence-electron chi connectivity index (χ4n) is 1.20. The van der Waals surface area contributed by atoms with Gasteiger partial charge in [0, 0.05) is 0 Å². The Morgan fingerprint density at radius 1 is 0.545 bits per heavy atom. The van der Waals surface area contributed by atoms with Gasteiger partial charge in [-0.3, -0.25) is 0 Å². The van der Waals surface area contributed by atoms with Gasteiger partial charge in [-0.2, -0.15) is 0 Å². The maximum absolute atomic E-state index is 5.65. The molecule has 0 rings (SSSR count). The minimum Gasteiger partial charge on any atom is -0.230 e. The van der Waals surface area contributed by atoms with Gasteiger partial charge in [-0.1, -0.05) is 26.0 Å². The van der Waals surface area contributed by atoms with Crippen molar-refractivity contribution in [3.8, 4) is 0 Å². The molecule has 0 radical (unpaired) electrons. The molecule has 0 aromatic heterocycles. The van der Waals surface area contributed by atoms with E-state index in [-0.39, 0.29) is 11.2 Å². The van der Waals surface area contributed by atoms with Gasteiger partial charge >= 0.3 is 0 Å². The largest absolute Gasteiger partial charge is 0.230 e. The molecule has 0 spiro atoms. The fraction of sp³-hybridized carbons (Fsp3) is 0.889. The van der Waals surface area contributed by atoms with E-state index in [1.54, 1.807) is 0 Å². The van der Waals surface area contributed by atoms with Crippen LogP contribution < -0.4 is 0 Å². The lowest BCUT2D eigenvalue weighted by Gasteiger charge is -2.31. The first-order chi connectivity index (χ1) is 9.74. The molecule has 0 saturated heterocycles. The van der Waals surface area contributed by atoms with E-state index in [0.29, 0.717) is 0 Å². The van der Waals surface area contributed by atoms with Gasteiger partial charge in [-0.05, 0) is 68.2 Å². The second kappa shape index (κ2) is 7.91. The highest BCUT2D eigenvalue weighted by molar-refractivity contribution is 5.06. The molecule has 4 nitrogen and oxygen atoms in total. The van der Waals surface area contributed by atoms with Crippen LogP contribution in [0, 0.1) is 0 Å². The second-order valence-corrected chi connectivity index (χ2v) is 8.22. The predicted molar refractivity (Wildman–Crippen MR) is 90.4 cm³/mol. The third kappa shape index (κ3) is 9.57. The van der Waals surface area contributed by atoms with Gasteiger partial charge in [0.2, 0.25) is 0 Å². The molecule has 0 aromatic carbocycles. The van der Waals surface area contributed by atoms with E-state index in [9.17, 15) is 0 Å². The minimum atomic E-state index is -0.505. The Balaban J connectivity index is 4.89. The zero-order chi connectivity index (χ0) is 17.7. The summed E-state index contributed by atoms with van der Waals surface area (Å²) in [5.74, 6) is 0. The molecule has 0 bridgehead atoms. The van der Waals surface area contributed by atoms with E-state index in [1.165, 1.54) is 0 Å². The number of hydrogen-bond acceptors (Lipinski definition) is 4. The van der Waals surface area contributed by atoms with Gasteiger partial charge < -0.3 is 0 Å². The molecule has 0 aromatic rings. The summed E-state index contributed by atoms with van der Waals surface area (Å²) < 4.78 is 0. The van der Waals surface area contributed by atoms with Crippen molar-refractivity contribution < 1.29 is 19.6 Å². The van der Waals surface area contributed by atoms with Gasteiger partial charge in [0.25, 0.3) is 0 Å². The van der Waals surface area contributed by atoms with Crippen LogP contribution in [0.5, 0.6) is 0 Å². The molecule has 0 fully saturated rings. The first kappa shape index (κ1) is 21.6. The summed E-state index contributed by atoms with van der Waals surface area (Å²) in [4.78, 5) is 22.2. The SMILES string of the molecule is CCC(C)(/C=C/C(C)(CC)OOC(C)(C)C)OOC(C)(C)C. The third-order valence-electron chi connectivity index (χ3n) is 3.16. The Morgan fingerprint density at radius 2 is 0.818 bits per heavy atom. The summed E-state index contributed by atoms with van der Waals surface area (Å²) in [6, 6.07) is 0. The summed E-state index contributed by atoms with van der Waals surface area (Å²) in [5.41, 5.74) is -1.70. The smallest absolute Gasteiger partial charge is 0.119 e. The molecular formula is C18H36O4. The van der Waals surface area contributed by atoms with Crippen molar-refractivity contribution in [3.05, 3.63) is 12.2 Å². The standard InChI is InChI=1S/C18H36O4/c1-11-17(9,21-19-15(3,4)5)13-14-18(10,12-2)22-20-16(6,7)8/h13-14H,11-12H2,1-10H3/b14-13+. The molecule has 22 heavy (non-hydrogen) atoms. The van der Waals surface area contributed by atoms with Crippen molar-refractivity contribution in [2.75, 3.05) is 0 Å². The number of rotatable bonds is 8. The highest BCUT2D eigenvalue weighted by Crippen LogP contribution is 2.26. The maximum Gasteiger partial charge on any atom is 0.119 e. The van der Waals surface area contributed by atoms with Crippen LogP contribution in [-0.2, 0) is 19.6 Å². The van der Waals surface area contributed by atoms with Crippen LogP contribution in [0.25, 0.3) is 0 Å². The lowest BCUT2D eigenvalue weighted by molar-refractivity contribution is -0.394. The molecule has 2 atom stereocenters. The minimum absolute atomic E-state index is 0.343. The molecule has 0 aliphatic heterocycles. The van der Waals surface area contributed by atoms with E-state index in [4.69, 9.17) is 19.6 Å². The van der Waals surface area contributed by atoms with E-state index in [0.717, 1.165) is 12.8 Å². The fourth-order valence-corrected chi connectivity index (χ4v) is 1.20. The summed E-state index contributed by atoms with van der Waals surface area (Å²) in [6.07, 6.45) is 5.57. The van der Waals surface area contributed by atoms with Crippen molar-refractivity contribution in [2.24, 2.45) is 0 Å². The van der Waals surface area contributed by atoms with Gasteiger partial charge in [0.1, 0.15) is 11.2 Å².